The van der Waals surface area contributed by atoms with Crippen LogP contribution in [0.3, 0.4) is 0 Å². The number of halogens is 3. The summed E-state index contributed by atoms with van der Waals surface area (Å²) in [5.74, 6) is -0.307. The number of benzene rings is 1. The van der Waals surface area contributed by atoms with Gasteiger partial charge in [0.1, 0.15) is 11.6 Å². The summed E-state index contributed by atoms with van der Waals surface area (Å²) >= 11 is 8.20. The topological polar surface area (TPSA) is 26.3 Å². The SMILES string of the molecule is COc1ccc(F)c(C(=O)Cl)c1Br. The predicted molar refractivity (Wildman–Crippen MR) is 50.8 cm³/mol. The zero-order chi connectivity index (χ0) is 10.0. The Morgan fingerprint density at radius 2 is 2.23 bits per heavy atom. The van der Waals surface area contributed by atoms with Crippen molar-refractivity contribution in [3.05, 3.63) is 28.0 Å². The van der Waals surface area contributed by atoms with Gasteiger partial charge in [-0.2, -0.15) is 0 Å². The predicted octanol–water partition coefficient (Wildman–Crippen LogP) is 2.98. The second-order valence-electron chi connectivity index (χ2n) is 2.21. The van der Waals surface area contributed by atoms with Gasteiger partial charge in [-0.05, 0) is 39.7 Å². The highest BCUT2D eigenvalue weighted by molar-refractivity contribution is 9.10. The first-order valence-corrected chi connectivity index (χ1v) is 4.47. The number of rotatable bonds is 2. The van der Waals surface area contributed by atoms with E-state index in [1.54, 1.807) is 0 Å². The summed E-state index contributed by atoms with van der Waals surface area (Å²) in [6, 6.07) is 2.53. The lowest BCUT2D eigenvalue weighted by Gasteiger charge is -2.06. The second-order valence-corrected chi connectivity index (χ2v) is 3.35. The molecular weight excluding hydrogens is 262 g/mol. The lowest BCUT2D eigenvalue weighted by molar-refractivity contribution is 0.107. The molecule has 1 rings (SSSR count). The maximum Gasteiger partial charge on any atom is 0.256 e. The summed E-state index contributed by atoms with van der Waals surface area (Å²) in [6.45, 7) is 0. The van der Waals surface area contributed by atoms with Gasteiger partial charge in [-0.1, -0.05) is 0 Å². The van der Waals surface area contributed by atoms with Gasteiger partial charge in [-0.15, -0.1) is 0 Å². The van der Waals surface area contributed by atoms with Crippen LogP contribution in [0.4, 0.5) is 4.39 Å². The van der Waals surface area contributed by atoms with E-state index in [1.165, 1.54) is 13.2 Å². The van der Waals surface area contributed by atoms with Crippen LogP contribution in [0, 0.1) is 5.82 Å². The van der Waals surface area contributed by atoms with Gasteiger partial charge in [0.25, 0.3) is 5.24 Å². The van der Waals surface area contributed by atoms with Crippen molar-refractivity contribution in [2.75, 3.05) is 7.11 Å². The first kappa shape index (κ1) is 10.5. The lowest BCUT2D eigenvalue weighted by Crippen LogP contribution is -1.98. The van der Waals surface area contributed by atoms with Gasteiger partial charge in [0, 0.05) is 0 Å². The molecule has 0 aliphatic rings. The highest BCUT2D eigenvalue weighted by Crippen LogP contribution is 2.31. The third kappa shape index (κ3) is 2.00. The van der Waals surface area contributed by atoms with Crippen molar-refractivity contribution in [1.82, 2.24) is 0 Å². The molecule has 0 saturated heterocycles. The molecular formula is C8H5BrClFO2. The van der Waals surface area contributed by atoms with Gasteiger partial charge in [0.15, 0.2) is 0 Å². The molecule has 0 atom stereocenters. The van der Waals surface area contributed by atoms with E-state index in [4.69, 9.17) is 16.3 Å². The Labute approximate surface area is 87.8 Å². The van der Waals surface area contributed by atoms with Crippen LogP contribution < -0.4 is 4.74 Å². The molecule has 0 N–H and O–H groups in total. The fourth-order valence-electron chi connectivity index (χ4n) is 0.871. The Hall–Kier alpha value is -0.610. The van der Waals surface area contributed by atoms with Gasteiger partial charge < -0.3 is 4.74 Å². The molecule has 0 aliphatic carbocycles. The molecule has 0 radical (unpaired) electrons. The molecule has 0 aliphatic heterocycles. The quantitative estimate of drug-likeness (QED) is 0.770. The zero-order valence-corrected chi connectivity index (χ0v) is 8.95. The fraction of sp³-hybridized carbons (Fsp3) is 0.125. The largest absolute Gasteiger partial charge is 0.496 e. The second kappa shape index (κ2) is 4.07. The van der Waals surface area contributed by atoms with E-state index >= 15 is 0 Å². The van der Waals surface area contributed by atoms with Crippen LogP contribution in [0.1, 0.15) is 10.4 Å². The van der Waals surface area contributed by atoms with Gasteiger partial charge in [0.2, 0.25) is 0 Å². The minimum absolute atomic E-state index is 0.207. The molecule has 13 heavy (non-hydrogen) atoms. The van der Waals surface area contributed by atoms with Gasteiger partial charge in [-0.3, -0.25) is 4.79 Å². The average molecular weight is 267 g/mol. The highest BCUT2D eigenvalue weighted by Gasteiger charge is 2.16. The van der Waals surface area contributed by atoms with Crippen molar-refractivity contribution >= 4 is 32.8 Å². The Balaban J connectivity index is 3.38. The molecule has 2 nitrogen and oxygen atoms in total. The van der Waals surface area contributed by atoms with Gasteiger partial charge in [0.05, 0.1) is 17.1 Å². The van der Waals surface area contributed by atoms with E-state index in [-0.39, 0.29) is 10.0 Å². The fourth-order valence-corrected chi connectivity index (χ4v) is 1.83. The molecule has 0 spiro atoms. The smallest absolute Gasteiger partial charge is 0.256 e. The number of carbonyl (C=O) groups is 1. The number of ether oxygens (including phenoxy) is 1. The third-order valence-corrected chi connectivity index (χ3v) is 2.45. The average Bonchev–Trinajstić information content (AvgIpc) is 2.04. The van der Waals surface area contributed by atoms with Crippen molar-refractivity contribution < 1.29 is 13.9 Å². The third-order valence-electron chi connectivity index (χ3n) is 1.47. The zero-order valence-electron chi connectivity index (χ0n) is 6.61. The van der Waals surface area contributed by atoms with Crippen LogP contribution in [0.5, 0.6) is 5.75 Å². The van der Waals surface area contributed by atoms with E-state index in [0.717, 1.165) is 6.07 Å². The molecule has 1 aromatic rings. The van der Waals surface area contributed by atoms with E-state index in [2.05, 4.69) is 15.9 Å². The molecule has 0 heterocycles. The van der Waals surface area contributed by atoms with Crippen LogP contribution in [0.2, 0.25) is 0 Å². The molecule has 0 aromatic heterocycles. The summed E-state index contributed by atoms with van der Waals surface area (Å²) in [6.07, 6.45) is 0. The Bertz CT molecular complexity index is 354. The van der Waals surface area contributed by atoms with Crippen LogP contribution in [0.15, 0.2) is 16.6 Å². The highest BCUT2D eigenvalue weighted by atomic mass is 79.9. The van der Waals surface area contributed by atoms with E-state index in [1.807, 2.05) is 0 Å². The normalized spacial score (nSPS) is 9.85. The van der Waals surface area contributed by atoms with Gasteiger partial charge in [-0.25, -0.2) is 4.39 Å². The molecule has 0 bridgehead atoms. The number of hydrogen-bond acceptors (Lipinski definition) is 2. The lowest BCUT2D eigenvalue weighted by atomic mass is 10.2. The van der Waals surface area contributed by atoms with Crippen LogP contribution in [0.25, 0.3) is 0 Å². The van der Waals surface area contributed by atoms with Crippen LogP contribution in [-0.4, -0.2) is 12.4 Å². The van der Waals surface area contributed by atoms with Crippen molar-refractivity contribution in [2.45, 2.75) is 0 Å². The van der Waals surface area contributed by atoms with Crippen molar-refractivity contribution in [3.63, 3.8) is 0 Å². The summed E-state index contributed by atoms with van der Waals surface area (Å²) in [5.41, 5.74) is -0.207. The summed E-state index contributed by atoms with van der Waals surface area (Å²) in [4.78, 5) is 10.8. The maximum atomic E-state index is 13.0. The first-order chi connectivity index (χ1) is 6.07. The Morgan fingerprint density at radius 1 is 1.62 bits per heavy atom. The van der Waals surface area contributed by atoms with Crippen molar-refractivity contribution in [3.8, 4) is 5.75 Å². The summed E-state index contributed by atoms with van der Waals surface area (Å²) < 4.78 is 18.1. The minimum atomic E-state index is -0.858. The number of methoxy groups -OCH3 is 1. The van der Waals surface area contributed by atoms with E-state index < -0.39 is 11.1 Å². The molecule has 0 unspecified atom stereocenters. The van der Waals surface area contributed by atoms with Crippen molar-refractivity contribution in [1.29, 1.82) is 0 Å². The van der Waals surface area contributed by atoms with Crippen molar-refractivity contribution in [2.24, 2.45) is 0 Å². The van der Waals surface area contributed by atoms with Gasteiger partial charge >= 0.3 is 0 Å². The Kier molecular flexibility index (Phi) is 3.27. The van der Waals surface area contributed by atoms with E-state index in [0.29, 0.717) is 5.75 Å². The summed E-state index contributed by atoms with van der Waals surface area (Å²) in [7, 11) is 1.42. The summed E-state index contributed by atoms with van der Waals surface area (Å²) in [5, 5.41) is -0.858. The minimum Gasteiger partial charge on any atom is -0.496 e. The standard InChI is InChI=1S/C8H5BrClFO2/c1-13-5-3-2-4(11)6(7(5)9)8(10)12/h2-3H,1H3. The monoisotopic (exact) mass is 266 g/mol. The Morgan fingerprint density at radius 3 is 2.69 bits per heavy atom. The van der Waals surface area contributed by atoms with Crippen LogP contribution >= 0.6 is 27.5 Å². The van der Waals surface area contributed by atoms with Crippen LogP contribution in [-0.2, 0) is 0 Å². The molecule has 0 saturated carbocycles. The molecule has 0 amide bonds. The molecule has 1 aromatic carbocycles. The molecule has 0 fully saturated rings. The molecule has 70 valence electrons. The first-order valence-electron chi connectivity index (χ1n) is 3.29. The number of carbonyl (C=O) groups excluding carboxylic acids is 1. The number of hydrogen-bond donors (Lipinski definition) is 0. The maximum absolute atomic E-state index is 13.0. The molecule has 5 heteroatoms. The van der Waals surface area contributed by atoms with E-state index in [9.17, 15) is 9.18 Å².